The van der Waals surface area contributed by atoms with E-state index in [2.05, 4.69) is 0 Å². The maximum absolute atomic E-state index is 12.9. The minimum atomic E-state index is -0.230. The van der Waals surface area contributed by atoms with E-state index >= 15 is 0 Å². The lowest BCUT2D eigenvalue weighted by Crippen LogP contribution is -2.45. The van der Waals surface area contributed by atoms with Crippen molar-refractivity contribution in [1.29, 1.82) is 0 Å². The minimum absolute atomic E-state index is 0.139. The number of aliphatic hydroxyl groups excluding tert-OH is 1. The maximum atomic E-state index is 12.9. The standard InChI is InChI=1S/C17H26N2O2/c1-12-9-11-18(2)16(12)17(21)19-10-5-7-14(19)13-6-3-4-8-15(13)20/h9,11,13-15,20H,3-8,10H2,1-2H3/t13-,14-,15+/m1/s1. The van der Waals surface area contributed by atoms with Gasteiger partial charge in [-0.1, -0.05) is 12.8 Å². The van der Waals surface area contributed by atoms with E-state index in [1.165, 1.54) is 6.42 Å². The molecule has 1 saturated heterocycles. The van der Waals surface area contributed by atoms with Crippen molar-refractivity contribution >= 4 is 5.91 Å². The first-order valence-electron chi connectivity index (χ1n) is 8.20. The molecule has 1 N–H and O–H groups in total. The summed E-state index contributed by atoms with van der Waals surface area (Å²) in [6, 6.07) is 2.22. The van der Waals surface area contributed by atoms with E-state index in [1.54, 1.807) is 0 Å². The molecule has 0 unspecified atom stereocenters. The van der Waals surface area contributed by atoms with Gasteiger partial charge >= 0.3 is 0 Å². The van der Waals surface area contributed by atoms with Gasteiger partial charge in [-0.25, -0.2) is 0 Å². The smallest absolute Gasteiger partial charge is 0.271 e. The van der Waals surface area contributed by atoms with E-state index in [4.69, 9.17) is 0 Å². The summed E-state index contributed by atoms with van der Waals surface area (Å²) in [6.07, 6.45) is 8.07. The predicted octanol–water partition coefficient (Wildman–Crippen LogP) is 2.49. The molecule has 1 aliphatic carbocycles. The van der Waals surface area contributed by atoms with Crippen LogP contribution in [0.4, 0.5) is 0 Å². The largest absolute Gasteiger partial charge is 0.393 e. The average molecular weight is 290 g/mol. The highest BCUT2D eigenvalue weighted by atomic mass is 16.3. The molecule has 1 aromatic rings. The van der Waals surface area contributed by atoms with Crippen molar-refractivity contribution in [3.05, 3.63) is 23.5 Å². The fourth-order valence-corrected chi connectivity index (χ4v) is 4.19. The van der Waals surface area contributed by atoms with Crippen LogP contribution < -0.4 is 0 Å². The normalized spacial score (nSPS) is 29.9. The van der Waals surface area contributed by atoms with Gasteiger partial charge in [-0.05, 0) is 44.2 Å². The molecule has 0 spiro atoms. The summed E-state index contributed by atoms with van der Waals surface area (Å²) in [4.78, 5) is 15.0. The second-order valence-electron chi connectivity index (χ2n) is 6.68. The zero-order valence-corrected chi connectivity index (χ0v) is 13.1. The van der Waals surface area contributed by atoms with E-state index in [9.17, 15) is 9.90 Å². The van der Waals surface area contributed by atoms with Crippen LogP contribution in [0.3, 0.4) is 0 Å². The van der Waals surface area contributed by atoms with Crippen molar-refractivity contribution in [1.82, 2.24) is 9.47 Å². The quantitative estimate of drug-likeness (QED) is 0.909. The van der Waals surface area contributed by atoms with Crippen LogP contribution >= 0.6 is 0 Å². The molecule has 1 saturated carbocycles. The Morgan fingerprint density at radius 1 is 1.24 bits per heavy atom. The lowest BCUT2D eigenvalue weighted by molar-refractivity contribution is 0.0208. The highest BCUT2D eigenvalue weighted by molar-refractivity contribution is 5.94. The van der Waals surface area contributed by atoms with Gasteiger partial charge in [-0.3, -0.25) is 4.79 Å². The molecule has 2 heterocycles. The van der Waals surface area contributed by atoms with E-state index in [-0.39, 0.29) is 24.0 Å². The van der Waals surface area contributed by atoms with Crippen LogP contribution in [-0.4, -0.2) is 39.2 Å². The fourth-order valence-electron chi connectivity index (χ4n) is 4.19. The molecule has 116 valence electrons. The summed E-state index contributed by atoms with van der Waals surface area (Å²) in [7, 11) is 1.93. The number of likely N-dealkylation sites (tertiary alicyclic amines) is 1. The van der Waals surface area contributed by atoms with Crippen LogP contribution in [0.2, 0.25) is 0 Å². The van der Waals surface area contributed by atoms with Crippen LogP contribution in [-0.2, 0) is 7.05 Å². The van der Waals surface area contributed by atoms with Crippen molar-refractivity contribution in [3.8, 4) is 0 Å². The van der Waals surface area contributed by atoms with Gasteiger partial charge in [0.15, 0.2) is 0 Å². The highest BCUT2D eigenvalue weighted by Gasteiger charge is 2.39. The van der Waals surface area contributed by atoms with Crippen molar-refractivity contribution < 1.29 is 9.90 Å². The topological polar surface area (TPSA) is 45.5 Å². The van der Waals surface area contributed by atoms with E-state index in [0.29, 0.717) is 0 Å². The summed E-state index contributed by atoms with van der Waals surface area (Å²) in [5.41, 5.74) is 1.84. The summed E-state index contributed by atoms with van der Waals surface area (Å²) < 4.78 is 1.92. The SMILES string of the molecule is Cc1ccn(C)c1C(=O)N1CCC[C@@H]1[C@H]1CCCC[C@@H]1O. The van der Waals surface area contributed by atoms with Crippen molar-refractivity contribution in [2.75, 3.05) is 6.54 Å². The molecule has 0 bridgehead atoms. The molecule has 4 heteroatoms. The Kier molecular flexibility index (Phi) is 4.07. The number of aryl methyl sites for hydroxylation is 2. The number of nitrogens with zero attached hydrogens (tertiary/aromatic N) is 2. The van der Waals surface area contributed by atoms with E-state index < -0.39 is 0 Å². The predicted molar refractivity (Wildman–Crippen MR) is 82.2 cm³/mol. The van der Waals surface area contributed by atoms with E-state index in [0.717, 1.165) is 49.9 Å². The average Bonchev–Trinajstić information content (AvgIpc) is 3.06. The zero-order valence-electron chi connectivity index (χ0n) is 13.1. The molecule has 0 aromatic carbocycles. The van der Waals surface area contributed by atoms with Crippen LogP contribution in [0, 0.1) is 12.8 Å². The summed E-state index contributed by atoms with van der Waals surface area (Å²) in [5, 5.41) is 10.3. The summed E-state index contributed by atoms with van der Waals surface area (Å²) >= 11 is 0. The molecular formula is C17H26N2O2. The number of carbonyl (C=O) groups is 1. The van der Waals surface area contributed by atoms with Gasteiger partial charge in [0, 0.05) is 31.7 Å². The molecule has 1 aromatic heterocycles. The monoisotopic (exact) mass is 290 g/mol. The van der Waals surface area contributed by atoms with Crippen LogP contribution in [0.1, 0.15) is 54.6 Å². The van der Waals surface area contributed by atoms with Crippen LogP contribution in [0.5, 0.6) is 0 Å². The number of aliphatic hydroxyl groups is 1. The first-order valence-corrected chi connectivity index (χ1v) is 8.20. The Labute approximate surface area is 126 Å². The van der Waals surface area contributed by atoms with Gasteiger partial charge in [0.25, 0.3) is 5.91 Å². The van der Waals surface area contributed by atoms with Gasteiger partial charge in [-0.2, -0.15) is 0 Å². The Morgan fingerprint density at radius 3 is 2.67 bits per heavy atom. The molecular weight excluding hydrogens is 264 g/mol. The molecule has 1 aliphatic heterocycles. The first kappa shape index (κ1) is 14.6. The fraction of sp³-hybridized carbons (Fsp3) is 0.706. The number of amides is 1. The van der Waals surface area contributed by atoms with Crippen LogP contribution in [0.15, 0.2) is 12.3 Å². The third-order valence-electron chi connectivity index (χ3n) is 5.31. The number of rotatable bonds is 2. The number of hydrogen-bond donors (Lipinski definition) is 1. The third kappa shape index (κ3) is 2.61. The summed E-state index contributed by atoms with van der Waals surface area (Å²) in [6.45, 7) is 2.82. The Morgan fingerprint density at radius 2 is 2.00 bits per heavy atom. The molecule has 2 aliphatic rings. The van der Waals surface area contributed by atoms with Crippen LogP contribution in [0.25, 0.3) is 0 Å². The second-order valence-corrected chi connectivity index (χ2v) is 6.68. The Balaban J connectivity index is 1.82. The maximum Gasteiger partial charge on any atom is 0.271 e. The Bertz CT molecular complexity index is 503. The van der Waals surface area contributed by atoms with Gasteiger partial charge in [-0.15, -0.1) is 0 Å². The molecule has 4 nitrogen and oxygen atoms in total. The number of aromatic nitrogens is 1. The molecule has 1 amide bonds. The van der Waals surface area contributed by atoms with Crippen molar-refractivity contribution in [2.24, 2.45) is 13.0 Å². The first-order chi connectivity index (χ1) is 10.1. The lowest BCUT2D eigenvalue weighted by Gasteiger charge is -2.37. The van der Waals surface area contributed by atoms with Gasteiger partial charge in [0.05, 0.1) is 6.10 Å². The number of hydrogen-bond acceptors (Lipinski definition) is 2. The highest BCUT2D eigenvalue weighted by Crippen LogP contribution is 2.35. The molecule has 0 radical (unpaired) electrons. The summed E-state index contributed by atoms with van der Waals surface area (Å²) in [5.74, 6) is 0.408. The third-order valence-corrected chi connectivity index (χ3v) is 5.31. The molecule has 2 fully saturated rings. The molecule has 3 atom stereocenters. The van der Waals surface area contributed by atoms with Gasteiger partial charge in [0.1, 0.15) is 5.69 Å². The molecule has 3 rings (SSSR count). The minimum Gasteiger partial charge on any atom is -0.393 e. The van der Waals surface area contributed by atoms with Gasteiger partial charge < -0.3 is 14.6 Å². The molecule has 21 heavy (non-hydrogen) atoms. The van der Waals surface area contributed by atoms with Crippen molar-refractivity contribution in [3.63, 3.8) is 0 Å². The van der Waals surface area contributed by atoms with E-state index in [1.807, 2.05) is 35.7 Å². The zero-order chi connectivity index (χ0) is 15.0. The Hall–Kier alpha value is -1.29. The lowest BCUT2D eigenvalue weighted by atomic mass is 9.80. The second kappa shape index (κ2) is 5.84. The van der Waals surface area contributed by atoms with Gasteiger partial charge in [0.2, 0.25) is 0 Å². The van der Waals surface area contributed by atoms with Crippen molar-refractivity contribution in [2.45, 2.75) is 57.6 Å². The number of carbonyl (C=O) groups excluding carboxylic acids is 1.